The maximum atomic E-state index is 12.0. The first-order valence-electron chi connectivity index (χ1n) is 6.69. The van der Waals surface area contributed by atoms with Gasteiger partial charge in [-0.1, -0.05) is 30.3 Å². The van der Waals surface area contributed by atoms with Gasteiger partial charge in [-0.05, 0) is 25.5 Å². The molecule has 1 heterocycles. The molecular weight excluding hydrogens is 270 g/mol. The van der Waals surface area contributed by atoms with E-state index in [0.29, 0.717) is 18.0 Å². The SMILES string of the molecule is Cc1nc(Cc2ccccc2)sc1C(=O)NCCCN. The Bertz CT molecular complexity index is 566. The Labute approximate surface area is 123 Å². The highest BCUT2D eigenvalue weighted by Crippen LogP contribution is 2.20. The molecule has 0 bridgehead atoms. The zero-order chi connectivity index (χ0) is 14.4. The molecule has 1 aromatic heterocycles. The summed E-state index contributed by atoms with van der Waals surface area (Å²) in [6.45, 7) is 3.07. The topological polar surface area (TPSA) is 68.0 Å². The third-order valence-corrected chi connectivity index (χ3v) is 4.07. The van der Waals surface area contributed by atoms with Crippen molar-refractivity contribution >= 4 is 17.2 Å². The lowest BCUT2D eigenvalue weighted by Crippen LogP contribution is -2.25. The highest BCUT2D eigenvalue weighted by atomic mass is 32.1. The summed E-state index contributed by atoms with van der Waals surface area (Å²) in [5.41, 5.74) is 7.41. The molecular formula is C15H19N3OS. The van der Waals surface area contributed by atoms with Crippen molar-refractivity contribution in [3.8, 4) is 0 Å². The van der Waals surface area contributed by atoms with Crippen molar-refractivity contribution in [3.63, 3.8) is 0 Å². The van der Waals surface area contributed by atoms with Crippen molar-refractivity contribution in [2.24, 2.45) is 5.73 Å². The van der Waals surface area contributed by atoms with Crippen LogP contribution in [0.2, 0.25) is 0 Å². The van der Waals surface area contributed by atoms with Crippen LogP contribution >= 0.6 is 11.3 Å². The Morgan fingerprint density at radius 1 is 1.35 bits per heavy atom. The van der Waals surface area contributed by atoms with Gasteiger partial charge < -0.3 is 11.1 Å². The highest BCUT2D eigenvalue weighted by Gasteiger charge is 2.14. The van der Waals surface area contributed by atoms with E-state index in [4.69, 9.17) is 5.73 Å². The molecule has 0 aliphatic carbocycles. The molecule has 0 saturated carbocycles. The van der Waals surface area contributed by atoms with Gasteiger partial charge in [-0.2, -0.15) is 0 Å². The number of aryl methyl sites for hydroxylation is 1. The summed E-state index contributed by atoms with van der Waals surface area (Å²) in [7, 11) is 0. The molecule has 1 amide bonds. The zero-order valence-electron chi connectivity index (χ0n) is 11.6. The van der Waals surface area contributed by atoms with Crippen molar-refractivity contribution in [2.75, 3.05) is 13.1 Å². The number of carbonyl (C=O) groups excluding carboxylic acids is 1. The van der Waals surface area contributed by atoms with Gasteiger partial charge in [0, 0.05) is 13.0 Å². The molecule has 0 atom stereocenters. The predicted octanol–water partition coefficient (Wildman–Crippen LogP) is 2.12. The van der Waals surface area contributed by atoms with Crippen LogP contribution in [0.1, 0.15) is 32.4 Å². The number of carbonyl (C=O) groups is 1. The molecule has 106 valence electrons. The summed E-state index contributed by atoms with van der Waals surface area (Å²) in [5, 5.41) is 3.84. The number of amides is 1. The Morgan fingerprint density at radius 3 is 2.80 bits per heavy atom. The number of rotatable bonds is 6. The molecule has 20 heavy (non-hydrogen) atoms. The van der Waals surface area contributed by atoms with E-state index >= 15 is 0 Å². The number of hydrogen-bond acceptors (Lipinski definition) is 4. The number of benzene rings is 1. The van der Waals surface area contributed by atoms with Crippen molar-refractivity contribution in [2.45, 2.75) is 19.8 Å². The third kappa shape index (κ3) is 3.88. The molecule has 1 aromatic carbocycles. The standard InChI is InChI=1S/C15H19N3OS/c1-11-14(15(19)17-9-5-8-16)20-13(18-11)10-12-6-3-2-4-7-12/h2-4,6-7H,5,8-10,16H2,1H3,(H,17,19). The van der Waals surface area contributed by atoms with Crippen LogP contribution in [-0.2, 0) is 6.42 Å². The Hall–Kier alpha value is -1.72. The van der Waals surface area contributed by atoms with Crippen LogP contribution in [0, 0.1) is 6.92 Å². The lowest BCUT2D eigenvalue weighted by Gasteiger charge is -2.01. The first-order valence-corrected chi connectivity index (χ1v) is 7.51. The highest BCUT2D eigenvalue weighted by molar-refractivity contribution is 7.13. The second-order valence-electron chi connectivity index (χ2n) is 4.58. The molecule has 0 saturated heterocycles. The van der Waals surface area contributed by atoms with E-state index in [0.717, 1.165) is 23.5 Å². The fraction of sp³-hybridized carbons (Fsp3) is 0.333. The van der Waals surface area contributed by atoms with Gasteiger partial charge in [-0.3, -0.25) is 4.79 Å². The third-order valence-electron chi connectivity index (χ3n) is 2.91. The van der Waals surface area contributed by atoms with Crippen LogP contribution in [-0.4, -0.2) is 24.0 Å². The van der Waals surface area contributed by atoms with E-state index in [2.05, 4.69) is 22.4 Å². The number of nitrogens with zero attached hydrogens (tertiary/aromatic N) is 1. The average Bonchev–Trinajstić information content (AvgIpc) is 2.81. The van der Waals surface area contributed by atoms with Gasteiger partial charge in [0.05, 0.1) is 10.7 Å². The average molecular weight is 289 g/mol. The molecule has 0 aliphatic rings. The summed E-state index contributed by atoms with van der Waals surface area (Å²) < 4.78 is 0. The van der Waals surface area contributed by atoms with Gasteiger partial charge >= 0.3 is 0 Å². The molecule has 0 fully saturated rings. The van der Waals surface area contributed by atoms with Crippen molar-refractivity contribution < 1.29 is 4.79 Å². The normalized spacial score (nSPS) is 10.5. The number of nitrogens with one attached hydrogen (secondary N) is 1. The van der Waals surface area contributed by atoms with Crippen LogP contribution in [0.5, 0.6) is 0 Å². The molecule has 0 unspecified atom stereocenters. The minimum Gasteiger partial charge on any atom is -0.351 e. The summed E-state index contributed by atoms with van der Waals surface area (Å²) in [4.78, 5) is 17.2. The van der Waals surface area contributed by atoms with E-state index in [1.165, 1.54) is 16.9 Å². The van der Waals surface area contributed by atoms with E-state index in [9.17, 15) is 4.79 Å². The number of aromatic nitrogens is 1. The monoisotopic (exact) mass is 289 g/mol. The first-order chi connectivity index (χ1) is 9.70. The van der Waals surface area contributed by atoms with Crippen LogP contribution in [0.15, 0.2) is 30.3 Å². The van der Waals surface area contributed by atoms with Crippen LogP contribution < -0.4 is 11.1 Å². The quantitative estimate of drug-likeness (QED) is 0.800. The summed E-state index contributed by atoms with van der Waals surface area (Å²) in [5.74, 6) is -0.0484. The fourth-order valence-corrected chi connectivity index (χ4v) is 2.91. The lowest BCUT2D eigenvalue weighted by molar-refractivity contribution is 0.0957. The minimum absolute atomic E-state index is 0.0484. The van der Waals surface area contributed by atoms with E-state index in [1.807, 2.05) is 25.1 Å². The van der Waals surface area contributed by atoms with Gasteiger partial charge in [0.15, 0.2) is 0 Å². The number of nitrogens with two attached hydrogens (primary N) is 1. The molecule has 5 heteroatoms. The van der Waals surface area contributed by atoms with Crippen molar-refractivity contribution in [3.05, 3.63) is 51.5 Å². The van der Waals surface area contributed by atoms with Crippen molar-refractivity contribution in [1.82, 2.24) is 10.3 Å². The molecule has 3 N–H and O–H groups in total. The Balaban J connectivity index is 2.03. The maximum Gasteiger partial charge on any atom is 0.263 e. The van der Waals surface area contributed by atoms with Crippen LogP contribution in [0.3, 0.4) is 0 Å². The molecule has 0 aliphatic heterocycles. The van der Waals surface area contributed by atoms with Crippen molar-refractivity contribution in [1.29, 1.82) is 0 Å². The zero-order valence-corrected chi connectivity index (χ0v) is 12.4. The number of thiazole rings is 1. The first kappa shape index (κ1) is 14.7. The second-order valence-corrected chi connectivity index (χ2v) is 5.67. The van der Waals surface area contributed by atoms with Gasteiger partial charge in [0.2, 0.25) is 0 Å². The van der Waals surface area contributed by atoms with Gasteiger partial charge in [0.1, 0.15) is 4.88 Å². The molecule has 0 spiro atoms. The second kappa shape index (κ2) is 7.17. The largest absolute Gasteiger partial charge is 0.351 e. The fourth-order valence-electron chi connectivity index (χ4n) is 1.89. The Morgan fingerprint density at radius 2 is 2.10 bits per heavy atom. The molecule has 4 nitrogen and oxygen atoms in total. The van der Waals surface area contributed by atoms with Crippen LogP contribution in [0.25, 0.3) is 0 Å². The summed E-state index contributed by atoms with van der Waals surface area (Å²) in [6.07, 6.45) is 1.56. The Kier molecular flexibility index (Phi) is 5.26. The summed E-state index contributed by atoms with van der Waals surface area (Å²) >= 11 is 1.47. The maximum absolute atomic E-state index is 12.0. The van der Waals surface area contributed by atoms with Crippen LogP contribution in [0.4, 0.5) is 0 Å². The smallest absolute Gasteiger partial charge is 0.263 e. The van der Waals surface area contributed by atoms with E-state index in [1.54, 1.807) is 0 Å². The molecule has 2 aromatic rings. The van der Waals surface area contributed by atoms with Gasteiger partial charge in [-0.15, -0.1) is 11.3 Å². The van der Waals surface area contributed by atoms with Gasteiger partial charge in [0.25, 0.3) is 5.91 Å². The lowest BCUT2D eigenvalue weighted by atomic mass is 10.2. The minimum atomic E-state index is -0.0484. The predicted molar refractivity (Wildman–Crippen MR) is 82.1 cm³/mol. The van der Waals surface area contributed by atoms with E-state index in [-0.39, 0.29) is 5.91 Å². The van der Waals surface area contributed by atoms with Gasteiger partial charge in [-0.25, -0.2) is 4.98 Å². The van der Waals surface area contributed by atoms with E-state index < -0.39 is 0 Å². The summed E-state index contributed by atoms with van der Waals surface area (Å²) in [6, 6.07) is 10.1. The molecule has 0 radical (unpaired) electrons. The number of hydrogen-bond donors (Lipinski definition) is 2. The molecule has 2 rings (SSSR count).